The zero-order valence-electron chi connectivity index (χ0n) is 13.0. The summed E-state index contributed by atoms with van der Waals surface area (Å²) in [4.78, 5) is 20.2. The summed E-state index contributed by atoms with van der Waals surface area (Å²) in [6, 6.07) is 11.7. The Kier molecular flexibility index (Phi) is 5.67. The van der Waals surface area contributed by atoms with Gasteiger partial charge in [0.15, 0.2) is 0 Å². The first-order valence-corrected chi connectivity index (χ1v) is 7.24. The summed E-state index contributed by atoms with van der Waals surface area (Å²) < 4.78 is 11.2. The van der Waals surface area contributed by atoms with Crippen molar-refractivity contribution in [2.24, 2.45) is 0 Å². The summed E-state index contributed by atoms with van der Waals surface area (Å²) in [5.74, 6) is 1.09. The van der Waals surface area contributed by atoms with Crippen molar-refractivity contribution in [3.63, 3.8) is 0 Å². The molecular formula is C16H16N2O6. The summed E-state index contributed by atoms with van der Waals surface area (Å²) >= 11 is 0. The highest BCUT2D eigenvalue weighted by molar-refractivity contribution is 5.36. The predicted molar refractivity (Wildman–Crippen MR) is 86.4 cm³/mol. The molecule has 8 heteroatoms. The average Bonchev–Trinajstić information content (AvgIpc) is 2.55. The Morgan fingerprint density at radius 1 is 0.875 bits per heavy atom. The van der Waals surface area contributed by atoms with Crippen LogP contribution in [0.3, 0.4) is 0 Å². The van der Waals surface area contributed by atoms with Crippen LogP contribution >= 0.6 is 0 Å². The fourth-order valence-electron chi connectivity index (χ4n) is 1.94. The van der Waals surface area contributed by atoms with E-state index >= 15 is 0 Å². The van der Waals surface area contributed by atoms with Crippen LogP contribution in [0.1, 0.15) is 13.3 Å². The van der Waals surface area contributed by atoms with Crippen molar-refractivity contribution >= 4 is 11.4 Å². The normalized spacial score (nSPS) is 11.5. The van der Waals surface area contributed by atoms with Crippen LogP contribution < -0.4 is 9.47 Å². The molecule has 0 saturated heterocycles. The van der Waals surface area contributed by atoms with E-state index in [1.165, 1.54) is 24.3 Å². The second-order valence-corrected chi connectivity index (χ2v) is 5.07. The van der Waals surface area contributed by atoms with E-state index in [4.69, 9.17) is 9.47 Å². The molecule has 0 radical (unpaired) electrons. The molecule has 0 fully saturated rings. The van der Waals surface area contributed by atoms with E-state index in [0.29, 0.717) is 24.5 Å². The second-order valence-electron chi connectivity index (χ2n) is 5.07. The molecular weight excluding hydrogens is 316 g/mol. The molecule has 0 aliphatic rings. The minimum absolute atomic E-state index is 0.0107. The first kappa shape index (κ1) is 17.2. The minimum Gasteiger partial charge on any atom is -0.493 e. The standard InChI is InChI=1S/C16H16N2O6/c1-12(24-16-8-4-14(5-9-16)18(21)22)10-11-23-15-6-2-13(3-7-15)17(19)20/h2-9,12H,10-11H2,1H3. The molecule has 2 aromatic rings. The summed E-state index contributed by atoms with van der Waals surface area (Å²) in [7, 11) is 0. The summed E-state index contributed by atoms with van der Waals surface area (Å²) in [5.41, 5.74) is 0.0220. The molecule has 1 unspecified atom stereocenters. The highest BCUT2D eigenvalue weighted by atomic mass is 16.6. The quantitative estimate of drug-likeness (QED) is 0.538. The van der Waals surface area contributed by atoms with E-state index in [1.807, 2.05) is 6.92 Å². The van der Waals surface area contributed by atoms with Gasteiger partial charge >= 0.3 is 0 Å². The van der Waals surface area contributed by atoms with Gasteiger partial charge in [-0.15, -0.1) is 0 Å². The van der Waals surface area contributed by atoms with E-state index in [9.17, 15) is 20.2 Å². The van der Waals surface area contributed by atoms with Crippen LogP contribution in [-0.2, 0) is 0 Å². The van der Waals surface area contributed by atoms with Crippen LogP contribution in [0, 0.1) is 20.2 Å². The molecule has 0 spiro atoms. The van der Waals surface area contributed by atoms with Gasteiger partial charge in [-0.1, -0.05) is 0 Å². The molecule has 2 rings (SSSR count). The fraction of sp³-hybridized carbons (Fsp3) is 0.250. The van der Waals surface area contributed by atoms with Gasteiger partial charge in [0.2, 0.25) is 0 Å². The van der Waals surface area contributed by atoms with Crippen LogP contribution in [0.25, 0.3) is 0 Å². The lowest BCUT2D eigenvalue weighted by atomic mass is 10.2. The zero-order chi connectivity index (χ0) is 17.5. The highest BCUT2D eigenvalue weighted by Gasteiger charge is 2.09. The van der Waals surface area contributed by atoms with E-state index < -0.39 is 9.85 Å². The van der Waals surface area contributed by atoms with Crippen molar-refractivity contribution in [3.8, 4) is 11.5 Å². The van der Waals surface area contributed by atoms with Gasteiger partial charge in [-0.05, 0) is 31.2 Å². The Bertz CT molecular complexity index is 700. The fourth-order valence-corrected chi connectivity index (χ4v) is 1.94. The number of ether oxygens (including phenoxy) is 2. The lowest BCUT2D eigenvalue weighted by Gasteiger charge is -2.15. The number of nitro benzene ring substituents is 2. The molecule has 0 aliphatic heterocycles. The molecule has 0 aliphatic carbocycles. The van der Waals surface area contributed by atoms with Crippen molar-refractivity contribution in [2.45, 2.75) is 19.4 Å². The predicted octanol–water partition coefficient (Wildman–Crippen LogP) is 3.74. The second kappa shape index (κ2) is 7.91. The van der Waals surface area contributed by atoms with E-state index in [2.05, 4.69) is 0 Å². The molecule has 0 N–H and O–H groups in total. The summed E-state index contributed by atoms with van der Waals surface area (Å²) in [5, 5.41) is 21.1. The van der Waals surface area contributed by atoms with Crippen LogP contribution in [-0.4, -0.2) is 22.6 Å². The number of hydrogen-bond donors (Lipinski definition) is 0. The monoisotopic (exact) mass is 332 g/mol. The maximum absolute atomic E-state index is 10.6. The Balaban J connectivity index is 1.77. The largest absolute Gasteiger partial charge is 0.493 e. The Labute approximate surface area is 137 Å². The summed E-state index contributed by atoms with van der Waals surface area (Å²) in [6.07, 6.45) is 0.443. The molecule has 0 amide bonds. The van der Waals surface area contributed by atoms with Gasteiger partial charge in [-0.3, -0.25) is 20.2 Å². The third-order valence-corrected chi connectivity index (χ3v) is 3.23. The van der Waals surface area contributed by atoms with Crippen molar-refractivity contribution in [2.75, 3.05) is 6.61 Å². The molecule has 8 nitrogen and oxygen atoms in total. The van der Waals surface area contributed by atoms with E-state index in [-0.39, 0.29) is 17.5 Å². The van der Waals surface area contributed by atoms with Crippen LogP contribution in [0.15, 0.2) is 48.5 Å². The molecule has 0 saturated carbocycles. The van der Waals surface area contributed by atoms with Crippen molar-refractivity contribution in [1.29, 1.82) is 0 Å². The number of rotatable bonds is 8. The third-order valence-electron chi connectivity index (χ3n) is 3.23. The van der Waals surface area contributed by atoms with Crippen LogP contribution in [0.5, 0.6) is 11.5 Å². The molecule has 1 atom stereocenters. The number of nitrogens with zero attached hydrogens (tertiary/aromatic N) is 2. The maximum Gasteiger partial charge on any atom is 0.269 e. The van der Waals surface area contributed by atoms with Gasteiger partial charge in [0.25, 0.3) is 11.4 Å². The lowest BCUT2D eigenvalue weighted by Crippen LogP contribution is -2.15. The van der Waals surface area contributed by atoms with Crippen LogP contribution in [0.4, 0.5) is 11.4 Å². The molecule has 0 heterocycles. The Morgan fingerprint density at radius 3 is 1.79 bits per heavy atom. The topological polar surface area (TPSA) is 105 Å². The number of hydrogen-bond acceptors (Lipinski definition) is 6. The van der Waals surface area contributed by atoms with Gasteiger partial charge in [-0.2, -0.15) is 0 Å². The number of nitro groups is 2. The first-order chi connectivity index (χ1) is 11.5. The highest BCUT2D eigenvalue weighted by Crippen LogP contribution is 2.20. The zero-order valence-corrected chi connectivity index (χ0v) is 13.0. The minimum atomic E-state index is -0.468. The third kappa shape index (κ3) is 4.94. The van der Waals surface area contributed by atoms with Crippen LogP contribution in [0.2, 0.25) is 0 Å². The van der Waals surface area contributed by atoms with E-state index in [1.54, 1.807) is 24.3 Å². The van der Waals surface area contributed by atoms with Crippen molar-refractivity contribution in [1.82, 2.24) is 0 Å². The number of benzene rings is 2. The molecule has 0 aromatic heterocycles. The van der Waals surface area contributed by atoms with Crippen molar-refractivity contribution < 1.29 is 19.3 Å². The average molecular weight is 332 g/mol. The van der Waals surface area contributed by atoms with Gasteiger partial charge in [0, 0.05) is 30.7 Å². The molecule has 2 aromatic carbocycles. The van der Waals surface area contributed by atoms with Gasteiger partial charge < -0.3 is 9.47 Å². The van der Waals surface area contributed by atoms with Gasteiger partial charge in [0.05, 0.1) is 22.6 Å². The Morgan fingerprint density at radius 2 is 1.33 bits per heavy atom. The van der Waals surface area contributed by atoms with Gasteiger partial charge in [-0.25, -0.2) is 0 Å². The number of non-ortho nitro benzene ring substituents is 2. The molecule has 24 heavy (non-hydrogen) atoms. The smallest absolute Gasteiger partial charge is 0.269 e. The van der Waals surface area contributed by atoms with Gasteiger partial charge in [0.1, 0.15) is 11.5 Å². The molecule has 126 valence electrons. The van der Waals surface area contributed by atoms with Crippen molar-refractivity contribution in [3.05, 3.63) is 68.8 Å². The SMILES string of the molecule is CC(CCOc1ccc([N+](=O)[O-])cc1)Oc1ccc([N+](=O)[O-])cc1. The summed E-state index contributed by atoms with van der Waals surface area (Å²) in [6.45, 7) is 2.24. The first-order valence-electron chi connectivity index (χ1n) is 7.24. The Hall–Kier alpha value is -3.16. The van der Waals surface area contributed by atoms with E-state index in [0.717, 1.165) is 0 Å². The molecule has 0 bridgehead atoms. The maximum atomic E-state index is 10.6. The lowest BCUT2D eigenvalue weighted by molar-refractivity contribution is -0.385.